The minimum Gasteiger partial charge on any atom is -0.399 e. The first-order valence-electron chi connectivity index (χ1n) is 6.58. The maximum absolute atomic E-state index is 12.1. The number of nitrogen functional groups attached to an aromatic ring is 2. The van der Waals surface area contributed by atoms with Crippen LogP contribution in [0.1, 0.15) is 0 Å². The van der Waals surface area contributed by atoms with Gasteiger partial charge in [-0.3, -0.25) is 4.79 Å². The Hall–Kier alpha value is -3.17. The van der Waals surface area contributed by atoms with Gasteiger partial charge in [0.05, 0.1) is 10.7 Å². The predicted molar refractivity (Wildman–Crippen MR) is 92.7 cm³/mol. The van der Waals surface area contributed by atoms with Crippen LogP contribution in [0.15, 0.2) is 54.2 Å². The molecule has 0 atom stereocenters. The third-order valence-electron chi connectivity index (χ3n) is 2.92. The second-order valence-electron chi connectivity index (χ2n) is 4.63. The molecule has 0 saturated heterocycles. The number of rotatable bonds is 4. The molecule has 2 aromatic rings. The monoisotopic (exact) mass is 327 g/mol. The maximum atomic E-state index is 12.1. The normalized spacial score (nSPS) is 10.7. The summed E-state index contributed by atoms with van der Waals surface area (Å²) in [6, 6.07) is 13.4. The summed E-state index contributed by atoms with van der Waals surface area (Å²) in [5, 5.41) is 14.9. The number of carbonyl (C=O) groups excluding carboxylic acids is 1. The Balaban J connectivity index is 2.08. The van der Waals surface area contributed by atoms with Gasteiger partial charge in [0, 0.05) is 23.3 Å². The van der Waals surface area contributed by atoms with Crippen molar-refractivity contribution >= 4 is 40.3 Å². The van der Waals surface area contributed by atoms with Gasteiger partial charge < -0.3 is 22.1 Å². The molecule has 23 heavy (non-hydrogen) atoms. The molecule has 1 amide bonds. The number of nitrogens with one attached hydrogen (secondary N) is 2. The highest BCUT2D eigenvalue weighted by atomic mass is 35.5. The van der Waals surface area contributed by atoms with Crippen LogP contribution in [0.25, 0.3) is 0 Å². The van der Waals surface area contributed by atoms with Crippen molar-refractivity contribution in [3.05, 3.63) is 59.3 Å². The second-order valence-corrected chi connectivity index (χ2v) is 5.03. The number of nitriles is 1. The zero-order chi connectivity index (χ0) is 16.8. The Morgan fingerprint density at radius 2 is 1.78 bits per heavy atom. The topological polar surface area (TPSA) is 117 Å². The van der Waals surface area contributed by atoms with Crippen LogP contribution in [-0.4, -0.2) is 5.91 Å². The van der Waals surface area contributed by atoms with Crippen molar-refractivity contribution < 1.29 is 4.79 Å². The molecule has 0 aliphatic rings. The Labute approximate surface area is 138 Å². The highest BCUT2D eigenvalue weighted by Gasteiger charge is 2.10. The van der Waals surface area contributed by atoms with Gasteiger partial charge in [-0.25, -0.2) is 0 Å². The molecule has 0 unspecified atom stereocenters. The van der Waals surface area contributed by atoms with Gasteiger partial charge >= 0.3 is 0 Å². The Morgan fingerprint density at radius 1 is 1.13 bits per heavy atom. The van der Waals surface area contributed by atoms with Crippen molar-refractivity contribution in [3.8, 4) is 6.07 Å². The Morgan fingerprint density at radius 3 is 2.39 bits per heavy atom. The van der Waals surface area contributed by atoms with Crippen LogP contribution in [0.2, 0.25) is 5.02 Å². The zero-order valence-electron chi connectivity index (χ0n) is 12.0. The van der Waals surface area contributed by atoms with E-state index in [4.69, 9.17) is 28.3 Å². The summed E-state index contributed by atoms with van der Waals surface area (Å²) in [5.74, 6) is -0.559. The third-order valence-corrected chi connectivity index (χ3v) is 3.24. The van der Waals surface area contributed by atoms with Crippen LogP contribution in [0.4, 0.5) is 22.7 Å². The second kappa shape index (κ2) is 7.20. The molecule has 0 aromatic heterocycles. The van der Waals surface area contributed by atoms with Crippen LogP contribution in [0.5, 0.6) is 0 Å². The minimum atomic E-state index is -0.559. The largest absolute Gasteiger partial charge is 0.399 e. The lowest BCUT2D eigenvalue weighted by Gasteiger charge is -2.07. The van der Waals surface area contributed by atoms with E-state index >= 15 is 0 Å². The number of hydrogen-bond donors (Lipinski definition) is 4. The van der Waals surface area contributed by atoms with E-state index in [0.29, 0.717) is 27.8 Å². The molecule has 6 nitrogen and oxygen atoms in total. The maximum Gasteiger partial charge on any atom is 0.267 e. The number of halogens is 1. The van der Waals surface area contributed by atoms with Crippen LogP contribution in [0, 0.1) is 11.3 Å². The molecule has 0 aliphatic heterocycles. The van der Waals surface area contributed by atoms with Crippen LogP contribution in [0.3, 0.4) is 0 Å². The van der Waals surface area contributed by atoms with Gasteiger partial charge in [0.1, 0.15) is 11.6 Å². The molecule has 7 heteroatoms. The number of nitrogens with zero attached hydrogens (tertiary/aromatic N) is 1. The van der Waals surface area contributed by atoms with Crippen molar-refractivity contribution in [2.75, 3.05) is 22.1 Å². The number of benzene rings is 2. The average molecular weight is 328 g/mol. The molecule has 116 valence electrons. The molecule has 0 bridgehead atoms. The first-order chi connectivity index (χ1) is 11.0. The summed E-state index contributed by atoms with van der Waals surface area (Å²) < 4.78 is 0. The molecule has 0 saturated carbocycles. The highest BCUT2D eigenvalue weighted by molar-refractivity contribution is 6.33. The standard InChI is InChI=1S/C16H14ClN5O/c17-14-7-13(5-6-15(14)20)22-16(23)10(8-18)9-21-12-3-1-11(19)2-4-12/h1-7,9,21H,19-20H2,(H,22,23)/b10-9-. The van der Waals surface area contributed by atoms with E-state index in [-0.39, 0.29) is 5.57 Å². The molecule has 0 fully saturated rings. The molecular weight excluding hydrogens is 314 g/mol. The average Bonchev–Trinajstić information content (AvgIpc) is 2.53. The Kier molecular flexibility index (Phi) is 5.07. The van der Waals surface area contributed by atoms with Gasteiger partial charge in [-0.15, -0.1) is 0 Å². The van der Waals surface area contributed by atoms with E-state index < -0.39 is 5.91 Å². The molecule has 0 radical (unpaired) electrons. The number of anilines is 4. The lowest BCUT2D eigenvalue weighted by molar-refractivity contribution is -0.112. The van der Waals surface area contributed by atoms with Gasteiger partial charge in [-0.2, -0.15) is 5.26 Å². The Bertz CT molecular complexity index is 793. The fourth-order valence-corrected chi connectivity index (χ4v) is 1.87. The van der Waals surface area contributed by atoms with Gasteiger partial charge in [-0.05, 0) is 42.5 Å². The van der Waals surface area contributed by atoms with Gasteiger partial charge in [0.15, 0.2) is 0 Å². The third kappa shape index (κ3) is 4.40. The van der Waals surface area contributed by atoms with Gasteiger partial charge in [0.2, 0.25) is 0 Å². The number of amides is 1. The van der Waals surface area contributed by atoms with Gasteiger partial charge in [0.25, 0.3) is 5.91 Å². The first kappa shape index (κ1) is 16.2. The quantitative estimate of drug-likeness (QED) is 0.391. The smallest absolute Gasteiger partial charge is 0.267 e. The molecule has 2 rings (SSSR count). The van der Waals surface area contributed by atoms with Crippen molar-refractivity contribution in [2.24, 2.45) is 0 Å². The first-order valence-corrected chi connectivity index (χ1v) is 6.96. The SMILES string of the molecule is N#C/C(=C/Nc1ccc(N)cc1)C(=O)Nc1ccc(N)c(Cl)c1. The summed E-state index contributed by atoms with van der Waals surface area (Å²) >= 11 is 5.89. The number of carbonyl (C=O) groups is 1. The van der Waals surface area contributed by atoms with Gasteiger partial charge in [-0.1, -0.05) is 11.6 Å². The molecular formula is C16H14ClN5O. The summed E-state index contributed by atoms with van der Waals surface area (Å²) in [6.45, 7) is 0. The number of hydrogen-bond acceptors (Lipinski definition) is 5. The van der Waals surface area contributed by atoms with Crippen LogP contribution < -0.4 is 22.1 Å². The van der Waals surface area contributed by atoms with Crippen molar-refractivity contribution in [3.63, 3.8) is 0 Å². The molecule has 6 N–H and O–H groups in total. The lowest BCUT2D eigenvalue weighted by Crippen LogP contribution is -2.14. The summed E-state index contributed by atoms with van der Waals surface area (Å²) in [7, 11) is 0. The van der Waals surface area contributed by atoms with E-state index in [1.54, 1.807) is 36.4 Å². The molecule has 0 spiro atoms. The predicted octanol–water partition coefficient (Wildman–Crippen LogP) is 2.96. The van der Waals surface area contributed by atoms with Crippen LogP contribution in [-0.2, 0) is 4.79 Å². The summed E-state index contributed by atoms with van der Waals surface area (Å²) in [6.07, 6.45) is 1.32. The summed E-state index contributed by atoms with van der Waals surface area (Å²) in [5.41, 5.74) is 13.3. The lowest BCUT2D eigenvalue weighted by atomic mass is 10.2. The molecule has 2 aromatic carbocycles. The van der Waals surface area contributed by atoms with Crippen LogP contribution >= 0.6 is 11.6 Å². The van der Waals surface area contributed by atoms with Crippen molar-refractivity contribution in [2.45, 2.75) is 0 Å². The zero-order valence-corrected chi connectivity index (χ0v) is 12.8. The minimum absolute atomic E-state index is 0.0882. The van der Waals surface area contributed by atoms with E-state index in [1.165, 1.54) is 12.3 Å². The van der Waals surface area contributed by atoms with Crippen molar-refractivity contribution in [1.29, 1.82) is 5.26 Å². The van der Waals surface area contributed by atoms with E-state index in [2.05, 4.69) is 10.6 Å². The van der Waals surface area contributed by atoms with Crippen molar-refractivity contribution in [1.82, 2.24) is 0 Å². The highest BCUT2D eigenvalue weighted by Crippen LogP contribution is 2.22. The van der Waals surface area contributed by atoms with E-state index in [0.717, 1.165) is 0 Å². The van der Waals surface area contributed by atoms with E-state index in [9.17, 15) is 4.79 Å². The fourth-order valence-electron chi connectivity index (χ4n) is 1.69. The number of nitrogens with two attached hydrogens (primary N) is 2. The molecule has 0 aliphatic carbocycles. The van der Waals surface area contributed by atoms with E-state index in [1.807, 2.05) is 6.07 Å². The molecule has 0 heterocycles. The summed E-state index contributed by atoms with van der Waals surface area (Å²) in [4.78, 5) is 12.1. The fraction of sp³-hybridized carbons (Fsp3) is 0.